The van der Waals surface area contributed by atoms with Gasteiger partial charge in [-0.1, -0.05) is 30.3 Å². The molecule has 0 aliphatic heterocycles. The number of nitrogens with zero attached hydrogens (tertiary/aromatic N) is 1. The van der Waals surface area contributed by atoms with Gasteiger partial charge in [-0.3, -0.25) is 0 Å². The Morgan fingerprint density at radius 1 is 1.25 bits per heavy atom. The number of hydrogen-bond donors (Lipinski definition) is 3. The smallest absolute Gasteiger partial charge is 0.407 e. The maximum Gasteiger partial charge on any atom is 0.407 e. The lowest BCUT2D eigenvalue weighted by Crippen LogP contribution is -2.24. The van der Waals surface area contributed by atoms with E-state index < -0.39 is 6.09 Å². The van der Waals surface area contributed by atoms with E-state index in [0.717, 1.165) is 38.9 Å². The summed E-state index contributed by atoms with van der Waals surface area (Å²) in [5.41, 5.74) is 12.1. The number of nitrogens with two attached hydrogens (primary N) is 1. The second-order valence-corrected chi connectivity index (χ2v) is 6.00. The minimum atomic E-state index is -0.939. The Hall–Kier alpha value is -2.79. The number of aromatic amines is 1. The van der Waals surface area contributed by atoms with Crippen LogP contribution in [0.15, 0.2) is 42.5 Å². The zero-order chi connectivity index (χ0) is 17.3. The topological polar surface area (TPSA) is 82.4 Å². The summed E-state index contributed by atoms with van der Waals surface area (Å²) in [6, 6.07) is 14.1. The molecule has 3 rings (SSSR count). The average Bonchev–Trinajstić information content (AvgIpc) is 2.91. The van der Waals surface area contributed by atoms with E-state index >= 15 is 0 Å². The van der Waals surface area contributed by atoms with Crippen LogP contribution in [0, 0.1) is 6.92 Å². The number of rotatable bonds is 4. The van der Waals surface area contributed by atoms with Crippen molar-refractivity contribution in [2.75, 3.05) is 7.05 Å². The fourth-order valence-corrected chi connectivity index (χ4v) is 3.00. The zero-order valence-corrected chi connectivity index (χ0v) is 13.8. The first-order valence-corrected chi connectivity index (χ1v) is 7.85. The molecule has 0 spiro atoms. The second kappa shape index (κ2) is 6.37. The van der Waals surface area contributed by atoms with E-state index in [9.17, 15) is 4.79 Å². The lowest BCUT2D eigenvalue weighted by Gasteiger charge is -2.16. The molecule has 0 fully saturated rings. The Bertz CT molecular complexity index is 899. The molecule has 5 nitrogen and oxygen atoms in total. The summed E-state index contributed by atoms with van der Waals surface area (Å²) >= 11 is 0. The van der Waals surface area contributed by atoms with Crippen molar-refractivity contribution in [2.24, 2.45) is 5.73 Å². The van der Waals surface area contributed by atoms with Crippen LogP contribution in [-0.4, -0.2) is 28.1 Å². The molecule has 0 radical (unpaired) electrons. The van der Waals surface area contributed by atoms with Gasteiger partial charge in [0.25, 0.3) is 0 Å². The first-order valence-electron chi connectivity index (χ1n) is 7.85. The maximum absolute atomic E-state index is 11.1. The molecule has 1 amide bonds. The normalized spacial score (nSPS) is 11.0. The number of hydrogen-bond acceptors (Lipinski definition) is 2. The molecule has 1 heterocycles. The third-order valence-electron chi connectivity index (χ3n) is 4.38. The summed E-state index contributed by atoms with van der Waals surface area (Å²) < 4.78 is 0. The Morgan fingerprint density at radius 2 is 2.00 bits per heavy atom. The van der Waals surface area contributed by atoms with Gasteiger partial charge in [-0.15, -0.1) is 0 Å². The summed E-state index contributed by atoms with van der Waals surface area (Å²) in [4.78, 5) is 15.9. The molecule has 5 heteroatoms. The molecule has 1 aromatic heterocycles. The van der Waals surface area contributed by atoms with Crippen LogP contribution in [0.2, 0.25) is 0 Å². The summed E-state index contributed by atoms with van der Waals surface area (Å²) in [5, 5.41) is 10.3. The summed E-state index contributed by atoms with van der Waals surface area (Å²) in [6.45, 7) is 2.93. The van der Waals surface area contributed by atoms with E-state index in [0.29, 0.717) is 13.1 Å². The van der Waals surface area contributed by atoms with Gasteiger partial charge in [0, 0.05) is 42.3 Å². The molecule has 0 aliphatic carbocycles. The standard InChI is InChI=1S/C19H21N3O2/c1-12-16-9-13(10-20)7-8-17(16)21-18(12)15-6-4-3-5-14(15)11-22(2)19(23)24/h3-9,21H,10-11,20H2,1-2H3,(H,23,24). The Balaban J connectivity index is 2.11. The number of fused-ring (bicyclic) bond motifs is 1. The number of amides is 1. The van der Waals surface area contributed by atoms with Crippen molar-refractivity contribution in [1.82, 2.24) is 9.88 Å². The Kier molecular flexibility index (Phi) is 4.27. The van der Waals surface area contributed by atoms with Crippen molar-refractivity contribution in [1.29, 1.82) is 0 Å². The highest BCUT2D eigenvalue weighted by atomic mass is 16.4. The predicted octanol–water partition coefficient (Wildman–Crippen LogP) is 3.71. The minimum absolute atomic E-state index is 0.342. The number of carboxylic acid groups (broad SMARTS) is 1. The van der Waals surface area contributed by atoms with Gasteiger partial charge in [-0.25, -0.2) is 4.79 Å². The monoisotopic (exact) mass is 323 g/mol. The van der Waals surface area contributed by atoms with Crippen molar-refractivity contribution >= 4 is 17.0 Å². The first-order chi connectivity index (χ1) is 11.5. The lowest BCUT2D eigenvalue weighted by atomic mass is 10.0. The van der Waals surface area contributed by atoms with Crippen LogP contribution < -0.4 is 5.73 Å². The number of aryl methyl sites for hydroxylation is 1. The van der Waals surface area contributed by atoms with Crippen molar-refractivity contribution in [3.05, 3.63) is 59.2 Å². The highest BCUT2D eigenvalue weighted by Gasteiger charge is 2.15. The van der Waals surface area contributed by atoms with Crippen molar-refractivity contribution in [2.45, 2.75) is 20.0 Å². The van der Waals surface area contributed by atoms with Crippen molar-refractivity contribution in [3.63, 3.8) is 0 Å². The minimum Gasteiger partial charge on any atom is -0.465 e. The van der Waals surface area contributed by atoms with Crippen molar-refractivity contribution in [3.8, 4) is 11.3 Å². The number of aromatic nitrogens is 1. The largest absolute Gasteiger partial charge is 0.465 e. The van der Waals surface area contributed by atoms with E-state index in [1.54, 1.807) is 7.05 Å². The highest BCUT2D eigenvalue weighted by Crippen LogP contribution is 2.32. The van der Waals surface area contributed by atoms with Crippen LogP contribution in [-0.2, 0) is 13.1 Å². The van der Waals surface area contributed by atoms with E-state index in [-0.39, 0.29) is 0 Å². The van der Waals surface area contributed by atoms with Gasteiger partial charge < -0.3 is 20.7 Å². The SMILES string of the molecule is Cc1c(-c2ccccc2CN(C)C(=O)O)[nH]c2ccc(CN)cc12. The van der Waals surface area contributed by atoms with Gasteiger partial charge in [0.05, 0.1) is 0 Å². The molecule has 0 saturated carbocycles. The zero-order valence-electron chi connectivity index (χ0n) is 13.8. The molecule has 2 aromatic carbocycles. The van der Waals surface area contributed by atoms with Gasteiger partial charge in [0.1, 0.15) is 0 Å². The molecule has 0 saturated heterocycles. The molecule has 24 heavy (non-hydrogen) atoms. The fourth-order valence-electron chi connectivity index (χ4n) is 3.00. The van der Waals surface area contributed by atoms with Gasteiger partial charge in [0.15, 0.2) is 0 Å². The lowest BCUT2D eigenvalue weighted by molar-refractivity contribution is 0.154. The van der Waals surface area contributed by atoms with E-state index in [1.807, 2.05) is 36.4 Å². The van der Waals surface area contributed by atoms with E-state index in [2.05, 4.69) is 18.0 Å². The molecule has 0 bridgehead atoms. The summed E-state index contributed by atoms with van der Waals surface area (Å²) in [7, 11) is 1.57. The first kappa shape index (κ1) is 16.1. The van der Waals surface area contributed by atoms with Crippen LogP contribution in [0.25, 0.3) is 22.2 Å². The molecule has 0 unspecified atom stereocenters. The quantitative estimate of drug-likeness (QED) is 0.684. The van der Waals surface area contributed by atoms with E-state index in [1.165, 1.54) is 4.90 Å². The van der Waals surface area contributed by atoms with Gasteiger partial charge in [-0.2, -0.15) is 0 Å². The highest BCUT2D eigenvalue weighted by molar-refractivity contribution is 5.91. The van der Waals surface area contributed by atoms with Crippen LogP contribution in [0.4, 0.5) is 4.79 Å². The molecule has 0 aliphatic rings. The Morgan fingerprint density at radius 3 is 2.71 bits per heavy atom. The number of benzene rings is 2. The van der Waals surface area contributed by atoms with Crippen molar-refractivity contribution < 1.29 is 9.90 Å². The van der Waals surface area contributed by atoms with Crippen LogP contribution in [0.3, 0.4) is 0 Å². The molecule has 124 valence electrons. The third-order valence-corrected chi connectivity index (χ3v) is 4.38. The second-order valence-electron chi connectivity index (χ2n) is 6.00. The van der Waals surface area contributed by atoms with Crippen LogP contribution in [0.1, 0.15) is 16.7 Å². The maximum atomic E-state index is 11.1. The fraction of sp³-hybridized carbons (Fsp3) is 0.211. The van der Waals surface area contributed by atoms with Gasteiger partial charge in [-0.05, 0) is 35.7 Å². The van der Waals surface area contributed by atoms with Gasteiger partial charge >= 0.3 is 6.09 Å². The number of H-pyrrole nitrogens is 1. The Labute approximate surface area is 140 Å². The molecular weight excluding hydrogens is 302 g/mol. The molecule has 4 N–H and O–H groups in total. The molecule has 3 aromatic rings. The number of carbonyl (C=O) groups is 1. The van der Waals surface area contributed by atoms with Crippen LogP contribution in [0.5, 0.6) is 0 Å². The van der Waals surface area contributed by atoms with Gasteiger partial charge in [0.2, 0.25) is 0 Å². The third kappa shape index (κ3) is 2.86. The van der Waals surface area contributed by atoms with Crippen LogP contribution >= 0.6 is 0 Å². The molecular formula is C19H21N3O2. The average molecular weight is 323 g/mol. The van der Waals surface area contributed by atoms with E-state index in [4.69, 9.17) is 10.8 Å². The summed E-state index contributed by atoms with van der Waals surface area (Å²) in [6.07, 6.45) is -0.939. The summed E-state index contributed by atoms with van der Waals surface area (Å²) in [5.74, 6) is 0. The molecule has 0 atom stereocenters. The predicted molar refractivity (Wildman–Crippen MR) is 95.9 cm³/mol. The number of nitrogens with one attached hydrogen (secondary N) is 1.